The Morgan fingerprint density at radius 2 is 2.56 bits per heavy atom. The van der Waals surface area contributed by atoms with Crippen molar-refractivity contribution in [2.45, 2.75) is 0 Å². The fourth-order valence-corrected chi connectivity index (χ4v) is 0.630. The van der Waals surface area contributed by atoms with Crippen LogP contribution in [0.25, 0.3) is 0 Å². The third kappa shape index (κ3) is 1.16. The fraction of sp³-hybridized carbons (Fsp3) is 0.333. The van der Waals surface area contributed by atoms with Crippen LogP contribution in [0.3, 0.4) is 0 Å². The van der Waals surface area contributed by atoms with Crippen LogP contribution < -0.4 is 0 Å². The Labute approximate surface area is 52.3 Å². The van der Waals surface area contributed by atoms with E-state index in [9.17, 15) is 9.59 Å². The number of hydrogen-bond acceptors (Lipinski definition) is 3. The van der Waals surface area contributed by atoms with Crippen LogP contribution in [-0.4, -0.2) is 18.7 Å². The molecule has 1 unspecified atom stereocenters. The minimum atomic E-state index is -0.413. The summed E-state index contributed by atoms with van der Waals surface area (Å²) < 4.78 is 4.72. The van der Waals surface area contributed by atoms with Crippen molar-refractivity contribution in [2.75, 3.05) is 6.61 Å². The number of carbonyl (C=O) groups is 2. The number of hydrogen-bond donors (Lipinski definition) is 0. The SMILES string of the molecule is O=CC(=O)C1C=COC1. The maximum absolute atomic E-state index is 10.5. The highest BCUT2D eigenvalue weighted by atomic mass is 16.5. The second kappa shape index (κ2) is 2.44. The molecule has 1 atom stereocenters. The smallest absolute Gasteiger partial charge is 0.205 e. The Kier molecular flexibility index (Phi) is 1.63. The number of ketones is 1. The van der Waals surface area contributed by atoms with E-state index in [1.165, 1.54) is 6.26 Å². The molecule has 0 aliphatic carbocycles. The molecule has 0 aromatic rings. The van der Waals surface area contributed by atoms with E-state index in [-0.39, 0.29) is 5.92 Å². The van der Waals surface area contributed by atoms with Crippen molar-refractivity contribution < 1.29 is 14.3 Å². The lowest BCUT2D eigenvalue weighted by atomic mass is 10.1. The zero-order valence-electron chi connectivity index (χ0n) is 4.74. The summed E-state index contributed by atoms with van der Waals surface area (Å²) in [6.45, 7) is 0.317. The van der Waals surface area contributed by atoms with Gasteiger partial charge in [-0.2, -0.15) is 0 Å². The Hall–Kier alpha value is -1.12. The van der Waals surface area contributed by atoms with Gasteiger partial charge >= 0.3 is 0 Å². The molecule has 0 amide bonds. The third-order valence-corrected chi connectivity index (χ3v) is 1.16. The van der Waals surface area contributed by atoms with Gasteiger partial charge in [0.25, 0.3) is 0 Å². The molecule has 3 nitrogen and oxygen atoms in total. The third-order valence-electron chi connectivity index (χ3n) is 1.16. The summed E-state index contributed by atoms with van der Waals surface area (Å²) in [5.74, 6) is -0.744. The van der Waals surface area contributed by atoms with Crippen LogP contribution in [0, 0.1) is 5.92 Å². The van der Waals surface area contributed by atoms with Gasteiger partial charge in [0, 0.05) is 0 Å². The van der Waals surface area contributed by atoms with Crippen molar-refractivity contribution in [3.05, 3.63) is 12.3 Å². The second-order valence-electron chi connectivity index (χ2n) is 1.79. The summed E-state index contributed by atoms with van der Waals surface area (Å²) in [7, 11) is 0. The summed E-state index contributed by atoms with van der Waals surface area (Å²) in [5.41, 5.74) is 0. The quantitative estimate of drug-likeness (QED) is 0.383. The Balaban J connectivity index is 2.52. The maximum atomic E-state index is 10.5. The van der Waals surface area contributed by atoms with Gasteiger partial charge < -0.3 is 4.74 Å². The van der Waals surface area contributed by atoms with Crippen molar-refractivity contribution in [1.29, 1.82) is 0 Å². The van der Waals surface area contributed by atoms with Crippen molar-refractivity contribution in [3.63, 3.8) is 0 Å². The first-order valence-corrected chi connectivity index (χ1v) is 2.62. The van der Waals surface area contributed by atoms with Crippen LogP contribution in [0.15, 0.2) is 12.3 Å². The molecular formula is C6H6O3. The number of Topliss-reactive ketones (excluding diaryl/α,β-unsaturated/α-hetero) is 1. The first kappa shape index (κ1) is 6.01. The average molecular weight is 126 g/mol. The molecule has 48 valence electrons. The largest absolute Gasteiger partial charge is 0.500 e. The van der Waals surface area contributed by atoms with Crippen molar-refractivity contribution in [2.24, 2.45) is 5.92 Å². The highest BCUT2D eigenvalue weighted by molar-refractivity contribution is 6.26. The molecule has 3 heteroatoms. The van der Waals surface area contributed by atoms with Crippen LogP contribution in [0.2, 0.25) is 0 Å². The number of rotatable bonds is 2. The predicted octanol–water partition coefficient (Wildman–Crippen LogP) is -0.0855. The molecule has 1 aliphatic heterocycles. The molecule has 0 bridgehead atoms. The van der Waals surface area contributed by atoms with Crippen LogP contribution in [0.4, 0.5) is 0 Å². The van der Waals surface area contributed by atoms with Crippen molar-refractivity contribution in [3.8, 4) is 0 Å². The lowest BCUT2D eigenvalue weighted by molar-refractivity contribution is -0.131. The van der Waals surface area contributed by atoms with Crippen molar-refractivity contribution >= 4 is 12.1 Å². The Bertz CT molecular complexity index is 160. The van der Waals surface area contributed by atoms with Gasteiger partial charge in [-0.05, 0) is 6.08 Å². The lowest BCUT2D eigenvalue weighted by Crippen LogP contribution is -2.14. The molecular weight excluding hydrogens is 120 g/mol. The molecule has 0 N–H and O–H groups in total. The summed E-state index contributed by atoms with van der Waals surface area (Å²) in [5, 5.41) is 0. The molecule has 0 aromatic heterocycles. The van der Waals surface area contributed by atoms with E-state index in [4.69, 9.17) is 4.74 Å². The van der Waals surface area contributed by atoms with E-state index < -0.39 is 5.78 Å². The normalized spacial score (nSPS) is 23.3. The summed E-state index contributed by atoms with van der Waals surface area (Å²) in [6, 6.07) is 0. The van der Waals surface area contributed by atoms with E-state index >= 15 is 0 Å². The van der Waals surface area contributed by atoms with Crippen LogP contribution in [0.5, 0.6) is 0 Å². The topological polar surface area (TPSA) is 43.4 Å². The highest BCUT2D eigenvalue weighted by Crippen LogP contribution is 2.07. The summed E-state index contributed by atoms with van der Waals surface area (Å²) in [6.07, 6.45) is 3.34. The number of ether oxygens (including phenoxy) is 1. The molecule has 0 aromatic carbocycles. The Morgan fingerprint density at radius 3 is 3.00 bits per heavy atom. The van der Waals surface area contributed by atoms with E-state index in [1.807, 2.05) is 0 Å². The van der Waals surface area contributed by atoms with Crippen molar-refractivity contribution in [1.82, 2.24) is 0 Å². The molecule has 0 saturated heterocycles. The molecule has 0 radical (unpaired) electrons. The first-order valence-electron chi connectivity index (χ1n) is 2.62. The van der Waals surface area contributed by atoms with Gasteiger partial charge in [-0.3, -0.25) is 9.59 Å². The zero-order chi connectivity index (χ0) is 6.69. The summed E-state index contributed by atoms with van der Waals surface area (Å²) >= 11 is 0. The molecule has 1 aliphatic rings. The lowest BCUT2D eigenvalue weighted by Gasteiger charge is -1.95. The molecule has 9 heavy (non-hydrogen) atoms. The fourth-order valence-electron chi connectivity index (χ4n) is 0.630. The van der Waals surface area contributed by atoms with Crippen LogP contribution >= 0.6 is 0 Å². The van der Waals surface area contributed by atoms with Gasteiger partial charge in [-0.1, -0.05) is 0 Å². The van der Waals surface area contributed by atoms with E-state index in [1.54, 1.807) is 6.08 Å². The Morgan fingerprint density at radius 1 is 1.78 bits per heavy atom. The molecule has 0 spiro atoms. The minimum Gasteiger partial charge on any atom is -0.500 e. The minimum absolute atomic E-state index is 0.317. The average Bonchev–Trinajstić information content (AvgIpc) is 2.37. The molecule has 0 saturated carbocycles. The highest BCUT2D eigenvalue weighted by Gasteiger charge is 2.17. The summed E-state index contributed by atoms with van der Waals surface area (Å²) in [4.78, 5) is 20.4. The monoisotopic (exact) mass is 126 g/mol. The van der Waals surface area contributed by atoms with Gasteiger partial charge in [0.15, 0.2) is 6.29 Å². The van der Waals surface area contributed by atoms with E-state index in [2.05, 4.69) is 0 Å². The molecule has 0 fully saturated rings. The van der Waals surface area contributed by atoms with E-state index in [0.29, 0.717) is 12.9 Å². The zero-order valence-corrected chi connectivity index (χ0v) is 4.74. The van der Waals surface area contributed by atoms with Gasteiger partial charge in [0.2, 0.25) is 5.78 Å². The van der Waals surface area contributed by atoms with Crippen LogP contribution in [-0.2, 0) is 14.3 Å². The van der Waals surface area contributed by atoms with Gasteiger partial charge in [-0.25, -0.2) is 0 Å². The first-order chi connectivity index (χ1) is 4.34. The van der Waals surface area contributed by atoms with Gasteiger partial charge in [0.1, 0.15) is 6.61 Å². The van der Waals surface area contributed by atoms with Gasteiger partial charge in [-0.15, -0.1) is 0 Å². The standard InChI is InChI=1S/C6H6O3/c7-3-6(8)5-1-2-9-4-5/h1-3,5H,4H2. The predicted molar refractivity (Wildman–Crippen MR) is 29.7 cm³/mol. The number of aldehydes is 1. The maximum Gasteiger partial charge on any atom is 0.205 e. The molecule has 1 rings (SSSR count). The number of carbonyl (C=O) groups excluding carboxylic acids is 2. The van der Waals surface area contributed by atoms with Gasteiger partial charge in [0.05, 0.1) is 12.2 Å². The molecule has 1 heterocycles. The second-order valence-corrected chi connectivity index (χ2v) is 1.79. The van der Waals surface area contributed by atoms with E-state index in [0.717, 1.165) is 0 Å². The van der Waals surface area contributed by atoms with Crippen LogP contribution in [0.1, 0.15) is 0 Å².